The van der Waals surface area contributed by atoms with Crippen LogP contribution in [0.15, 0.2) is 29.2 Å². The van der Waals surface area contributed by atoms with Crippen molar-refractivity contribution in [1.29, 1.82) is 0 Å². The predicted molar refractivity (Wildman–Crippen MR) is 74.0 cm³/mol. The minimum absolute atomic E-state index is 0.0769. The second-order valence-corrected chi connectivity index (χ2v) is 5.51. The van der Waals surface area contributed by atoms with E-state index in [4.69, 9.17) is 5.73 Å². The van der Waals surface area contributed by atoms with Crippen molar-refractivity contribution in [3.05, 3.63) is 24.3 Å². The highest BCUT2D eigenvalue weighted by molar-refractivity contribution is 8.00. The number of anilines is 1. The summed E-state index contributed by atoms with van der Waals surface area (Å²) < 4.78 is 0. The van der Waals surface area contributed by atoms with Crippen LogP contribution < -0.4 is 11.1 Å². The third-order valence-electron chi connectivity index (χ3n) is 2.64. The van der Waals surface area contributed by atoms with Gasteiger partial charge in [0, 0.05) is 16.6 Å². The van der Waals surface area contributed by atoms with Crippen molar-refractivity contribution < 1.29 is 4.79 Å². The lowest BCUT2D eigenvalue weighted by Crippen LogP contribution is -2.37. The summed E-state index contributed by atoms with van der Waals surface area (Å²) in [4.78, 5) is 12.7. The molecule has 0 aromatic heterocycles. The van der Waals surface area contributed by atoms with E-state index in [2.05, 4.69) is 19.2 Å². The maximum Gasteiger partial charge on any atom is 0.230 e. The molecule has 0 aliphatic rings. The molecule has 0 radical (unpaired) electrons. The molecule has 1 unspecified atom stereocenters. The first kappa shape index (κ1) is 13.9. The van der Waals surface area contributed by atoms with E-state index in [0.29, 0.717) is 11.7 Å². The van der Waals surface area contributed by atoms with Crippen LogP contribution in [0.2, 0.25) is 0 Å². The number of rotatable bonds is 5. The minimum Gasteiger partial charge on any atom is -0.399 e. The molecule has 1 amide bonds. The second kappa shape index (κ2) is 6.55. The molecular formula is C13H20N2OS. The Morgan fingerprint density at radius 3 is 2.41 bits per heavy atom. The number of nitrogen functional groups attached to an aromatic ring is 1. The van der Waals surface area contributed by atoms with Crippen LogP contribution in [-0.2, 0) is 4.79 Å². The zero-order valence-electron chi connectivity index (χ0n) is 10.6. The van der Waals surface area contributed by atoms with Gasteiger partial charge >= 0.3 is 0 Å². The van der Waals surface area contributed by atoms with Crippen LogP contribution in [0.5, 0.6) is 0 Å². The molecule has 94 valence electrons. The normalized spacial score (nSPS) is 12.5. The monoisotopic (exact) mass is 252 g/mol. The first-order valence-electron chi connectivity index (χ1n) is 5.76. The fraction of sp³-hybridized carbons (Fsp3) is 0.462. The van der Waals surface area contributed by atoms with Gasteiger partial charge < -0.3 is 11.1 Å². The highest BCUT2D eigenvalue weighted by Crippen LogP contribution is 2.18. The lowest BCUT2D eigenvalue weighted by molar-refractivity contribution is -0.119. The summed E-state index contributed by atoms with van der Waals surface area (Å²) >= 11 is 1.52. The number of amides is 1. The van der Waals surface area contributed by atoms with E-state index in [1.54, 1.807) is 0 Å². The lowest BCUT2D eigenvalue weighted by Gasteiger charge is -2.17. The van der Waals surface area contributed by atoms with E-state index < -0.39 is 0 Å². The van der Waals surface area contributed by atoms with E-state index >= 15 is 0 Å². The molecule has 0 saturated carbocycles. The van der Waals surface area contributed by atoms with Gasteiger partial charge in [-0.2, -0.15) is 0 Å². The second-order valence-electron chi connectivity index (χ2n) is 4.46. The number of carbonyl (C=O) groups excluding carboxylic acids is 1. The number of hydrogen-bond acceptors (Lipinski definition) is 3. The molecule has 1 rings (SSSR count). The number of carbonyl (C=O) groups is 1. The Labute approximate surface area is 107 Å². The molecule has 1 aromatic carbocycles. The van der Waals surface area contributed by atoms with Crippen LogP contribution >= 0.6 is 11.8 Å². The van der Waals surface area contributed by atoms with Gasteiger partial charge in [0.15, 0.2) is 0 Å². The topological polar surface area (TPSA) is 55.1 Å². The molecule has 1 atom stereocenters. The smallest absolute Gasteiger partial charge is 0.230 e. The van der Waals surface area contributed by atoms with Crippen molar-refractivity contribution in [2.24, 2.45) is 5.92 Å². The molecule has 0 bridgehead atoms. The first-order chi connectivity index (χ1) is 7.99. The van der Waals surface area contributed by atoms with Crippen molar-refractivity contribution >= 4 is 23.4 Å². The summed E-state index contributed by atoms with van der Waals surface area (Å²) in [6.45, 7) is 6.21. The molecule has 3 nitrogen and oxygen atoms in total. The fourth-order valence-electron chi connectivity index (χ4n) is 1.18. The van der Waals surface area contributed by atoms with Crippen molar-refractivity contribution in [2.45, 2.75) is 31.7 Å². The summed E-state index contributed by atoms with van der Waals surface area (Å²) in [5.74, 6) is 0.981. The number of nitrogens with one attached hydrogen (secondary N) is 1. The third-order valence-corrected chi connectivity index (χ3v) is 3.65. The first-order valence-corrected chi connectivity index (χ1v) is 6.75. The number of thioether (sulfide) groups is 1. The molecule has 0 saturated heterocycles. The summed E-state index contributed by atoms with van der Waals surface area (Å²) in [6.07, 6.45) is 0. The van der Waals surface area contributed by atoms with Crippen molar-refractivity contribution in [1.82, 2.24) is 5.32 Å². The van der Waals surface area contributed by atoms with Gasteiger partial charge in [0.05, 0.1) is 5.75 Å². The van der Waals surface area contributed by atoms with Gasteiger partial charge in [-0.1, -0.05) is 13.8 Å². The fourth-order valence-corrected chi connectivity index (χ4v) is 1.88. The Bertz CT molecular complexity index is 362. The molecular weight excluding hydrogens is 232 g/mol. The molecule has 4 heteroatoms. The summed E-state index contributed by atoms with van der Waals surface area (Å²) in [7, 11) is 0. The SMILES string of the molecule is CC(C)C(C)NC(=O)CSc1ccc(N)cc1. The summed E-state index contributed by atoms with van der Waals surface area (Å²) in [6, 6.07) is 7.77. The number of hydrogen-bond donors (Lipinski definition) is 2. The van der Waals surface area contributed by atoms with Gasteiger partial charge in [-0.25, -0.2) is 0 Å². The van der Waals surface area contributed by atoms with Gasteiger partial charge in [-0.15, -0.1) is 11.8 Å². The highest BCUT2D eigenvalue weighted by atomic mass is 32.2. The molecule has 1 aromatic rings. The van der Waals surface area contributed by atoms with E-state index in [1.165, 1.54) is 11.8 Å². The van der Waals surface area contributed by atoms with Gasteiger partial charge in [0.25, 0.3) is 0 Å². The van der Waals surface area contributed by atoms with E-state index in [9.17, 15) is 4.79 Å². The highest BCUT2D eigenvalue weighted by Gasteiger charge is 2.10. The molecule has 0 heterocycles. The summed E-state index contributed by atoms with van der Waals surface area (Å²) in [5.41, 5.74) is 6.34. The van der Waals surface area contributed by atoms with Crippen molar-refractivity contribution in [3.8, 4) is 0 Å². The predicted octanol–water partition coefficient (Wildman–Crippen LogP) is 2.52. The Balaban J connectivity index is 2.35. The summed E-state index contributed by atoms with van der Waals surface area (Å²) in [5, 5.41) is 2.98. The maximum absolute atomic E-state index is 11.6. The minimum atomic E-state index is 0.0769. The van der Waals surface area contributed by atoms with Crippen LogP contribution in [0, 0.1) is 5.92 Å². The van der Waals surface area contributed by atoms with Crippen LogP contribution in [0.4, 0.5) is 5.69 Å². The van der Waals surface area contributed by atoms with E-state index in [0.717, 1.165) is 10.6 Å². The standard InChI is InChI=1S/C13H20N2OS/c1-9(2)10(3)15-13(16)8-17-12-6-4-11(14)5-7-12/h4-7,9-10H,8,14H2,1-3H3,(H,15,16). The van der Waals surface area contributed by atoms with Gasteiger partial charge in [0.2, 0.25) is 5.91 Å². The molecule has 3 N–H and O–H groups in total. The molecule has 17 heavy (non-hydrogen) atoms. The van der Waals surface area contributed by atoms with Crippen LogP contribution in [0.3, 0.4) is 0 Å². The number of nitrogens with two attached hydrogens (primary N) is 1. The Morgan fingerprint density at radius 1 is 1.29 bits per heavy atom. The van der Waals surface area contributed by atoms with Gasteiger partial charge in [-0.3, -0.25) is 4.79 Å². The molecule has 0 fully saturated rings. The Hall–Kier alpha value is -1.16. The van der Waals surface area contributed by atoms with Crippen molar-refractivity contribution in [2.75, 3.05) is 11.5 Å². The maximum atomic E-state index is 11.6. The quantitative estimate of drug-likeness (QED) is 0.625. The van der Waals surface area contributed by atoms with Crippen molar-refractivity contribution in [3.63, 3.8) is 0 Å². The molecule has 0 spiro atoms. The Morgan fingerprint density at radius 2 is 1.88 bits per heavy atom. The molecule has 0 aliphatic heterocycles. The van der Waals surface area contributed by atoms with Gasteiger partial charge in [-0.05, 0) is 37.1 Å². The third kappa shape index (κ3) is 5.13. The average molecular weight is 252 g/mol. The van der Waals surface area contributed by atoms with E-state index in [1.807, 2.05) is 31.2 Å². The van der Waals surface area contributed by atoms with E-state index in [-0.39, 0.29) is 11.9 Å². The zero-order chi connectivity index (χ0) is 12.8. The van der Waals surface area contributed by atoms with Crippen LogP contribution in [-0.4, -0.2) is 17.7 Å². The van der Waals surface area contributed by atoms with Crippen LogP contribution in [0.25, 0.3) is 0 Å². The van der Waals surface area contributed by atoms with Crippen LogP contribution in [0.1, 0.15) is 20.8 Å². The largest absolute Gasteiger partial charge is 0.399 e. The van der Waals surface area contributed by atoms with Gasteiger partial charge in [0.1, 0.15) is 0 Å². The number of benzene rings is 1. The average Bonchev–Trinajstić information content (AvgIpc) is 2.28. The molecule has 0 aliphatic carbocycles. The lowest BCUT2D eigenvalue weighted by atomic mass is 10.1. The Kier molecular flexibility index (Phi) is 5.35. The zero-order valence-corrected chi connectivity index (χ0v) is 11.4.